The number of anilines is 1. The fraction of sp³-hybridized carbons (Fsp3) is 0.304. The van der Waals surface area contributed by atoms with E-state index in [-0.39, 0.29) is 35.4 Å². The molecule has 0 saturated carbocycles. The number of carbonyl (C=O) groups excluding carboxylic acids is 2. The first-order chi connectivity index (χ1) is 16.2. The first-order valence-electron chi connectivity index (χ1n) is 10.6. The maximum absolute atomic E-state index is 13.2. The van der Waals surface area contributed by atoms with Crippen molar-refractivity contribution in [3.63, 3.8) is 0 Å². The molecule has 1 aliphatic heterocycles. The highest BCUT2D eigenvalue weighted by Crippen LogP contribution is 2.33. The van der Waals surface area contributed by atoms with Crippen LogP contribution in [0, 0.1) is 5.92 Å². The van der Waals surface area contributed by atoms with Gasteiger partial charge in [-0.2, -0.15) is 18.3 Å². The zero-order chi connectivity index (χ0) is 24.3. The van der Waals surface area contributed by atoms with Crippen molar-refractivity contribution in [1.29, 1.82) is 0 Å². The molecule has 2 N–H and O–H groups in total. The Morgan fingerprint density at radius 3 is 2.41 bits per heavy atom. The minimum absolute atomic E-state index is 0.00876. The van der Waals surface area contributed by atoms with Crippen LogP contribution in [-0.2, 0) is 11.0 Å². The third kappa shape index (κ3) is 5.42. The van der Waals surface area contributed by atoms with Crippen LogP contribution in [0.15, 0.2) is 55.1 Å². The molecule has 4 rings (SSSR count). The highest BCUT2D eigenvalue weighted by atomic mass is 19.4. The number of aromatic hydroxyl groups is 1. The summed E-state index contributed by atoms with van der Waals surface area (Å²) in [4.78, 5) is 31.0. The van der Waals surface area contributed by atoms with Crippen LogP contribution < -0.4 is 5.32 Å². The van der Waals surface area contributed by atoms with Gasteiger partial charge in [-0.25, -0.2) is 9.67 Å². The van der Waals surface area contributed by atoms with Crippen LogP contribution in [0.1, 0.15) is 28.8 Å². The van der Waals surface area contributed by atoms with E-state index < -0.39 is 17.6 Å². The van der Waals surface area contributed by atoms with E-state index in [0.29, 0.717) is 31.5 Å². The Bertz CT molecular complexity index is 1160. The smallest absolute Gasteiger partial charge is 0.416 e. The minimum atomic E-state index is -4.56. The molecule has 2 heterocycles. The second-order valence-electron chi connectivity index (χ2n) is 8.08. The Hall–Kier alpha value is -3.73. The molecule has 3 aromatic rings. The van der Waals surface area contributed by atoms with Crippen molar-refractivity contribution in [2.75, 3.05) is 25.0 Å². The quantitative estimate of drug-likeness (QED) is 0.532. The Morgan fingerprint density at radius 1 is 1.09 bits per heavy atom. The molecule has 0 aliphatic carbocycles. The lowest BCUT2D eigenvalue weighted by atomic mass is 9.89. The van der Waals surface area contributed by atoms with Gasteiger partial charge in [0.05, 0.1) is 23.5 Å². The number of benzene rings is 2. The predicted octanol–water partition coefficient (Wildman–Crippen LogP) is 3.53. The minimum Gasteiger partial charge on any atom is -0.508 e. The predicted molar refractivity (Wildman–Crippen MR) is 117 cm³/mol. The van der Waals surface area contributed by atoms with Crippen LogP contribution in [0.5, 0.6) is 5.75 Å². The van der Waals surface area contributed by atoms with Gasteiger partial charge in [-0.1, -0.05) is 0 Å². The number of halogens is 3. The molecule has 11 heteroatoms. The Labute approximate surface area is 193 Å². The number of Topliss-reactive ketones (excluding diaryl/α,β-unsaturated/α-hetero) is 1. The van der Waals surface area contributed by atoms with E-state index in [2.05, 4.69) is 15.4 Å². The highest BCUT2D eigenvalue weighted by Gasteiger charge is 2.32. The van der Waals surface area contributed by atoms with E-state index in [1.165, 1.54) is 35.5 Å². The highest BCUT2D eigenvalue weighted by molar-refractivity contribution is 5.98. The van der Waals surface area contributed by atoms with E-state index in [4.69, 9.17) is 0 Å². The van der Waals surface area contributed by atoms with Gasteiger partial charge in [-0.05, 0) is 68.4 Å². The SMILES string of the molecule is O=C(CN1CCC(C(=O)c2ccc(O)cc2)CC1)Nc1cc(C(F)(F)F)ccc1-n1cncn1. The second kappa shape index (κ2) is 9.64. The van der Waals surface area contributed by atoms with E-state index in [9.17, 15) is 27.9 Å². The fourth-order valence-corrected chi connectivity index (χ4v) is 3.95. The van der Waals surface area contributed by atoms with Crippen molar-refractivity contribution in [3.8, 4) is 11.4 Å². The molecule has 2 aromatic carbocycles. The molecule has 0 unspecified atom stereocenters. The third-order valence-corrected chi connectivity index (χ3v) is 5.74. The largest absolute Gasteiger partial charge is 0.508 e. The number of nitrogens with one attached hydrogen (secondary N) is 1. The summed E-state index contributed by atoms with van der Waals surface area (Å²) in [6.07, 6.45) is -0.880. The summed E-state index contributed by atoms with van der Waals surface area (Å²) in [6, 6.07) is 9.12. The third-order valence-electron chi connectivity index (χ3n) is 5.74. The normalized spacial score (nSPS) is 15.3. The van der Waals surface area contributed by atoms with Crippen molar-refractivity contribution < 1.29 is 27.9 Å². The van der Waals surface area contributed by atoms with Crippen molar-refractivity contribution in [3.05, 3.63) is 66.2 Å². The molecule has 0 bridgehead atoms. The maximum Gasteiger partial charge on any atom is 0.416 e. The number of phenolic OH excluding ortho intramolecular Hbond substituents is 1. The van der Waals surface area contributed by atoms with Crippen molar-refractivity contribution in [2.24, 2.45) is 5.92 Å². The lowest BCUT2D eigenvalue weighted by molar-refractivity contribution is -0.137. The molecule has 1 fully saturated rings. The number of hydrogen-bond acceptors (Lipinski definition) is 6. The van der Waals surface area contributed by atoms with Gasteiger partial charge in [-0.15, -0.1) is 0 Å². The molecule has 1 aromatic heterocycles. The van der Waals surface area contributed by atoms with Crippen LogP contribution in [0.25, 0.3) is 5.69 Å². The number of aromatic nitrogens is 3. The molecule has 0 spiro atoms. The molecular formula is C23H22F3N5O3. The summed E-state index contributed by atoms with van der Waals surface area (Å²) in [5.74, 6) is -0.578. The Kier molecular flexibility index (Phi) is 6.64. The van der Waals surface area contributed by atoms with Crippen molar-refractivity contribution >= 4 is 17.4 Å². The number of rotatable bonds is 6. The molecule has 178 valence electrons. The number of amides is 1. The number of carbonyl (C=O) groups is 2. The second-order valence-corrected chi connectivity index (χ2v) is 8.08. The number of phenols is 1. The summed E-state index contributed by atoms with van der Waals surface area (Å²) >= 11 is 0. The van der Waals surface area contributed by atoms with E-state index in [1.807, 2.05) is 4.90 Å². The van der Waals surface area contributed by atoms with Gasteiger partial charge in [0.1, 0.15) is 18.4 Å². The van der Waals surface area contributed by atoms with Gasteiger partial charge in [0.25, 0.3) is 0 Å². The molecule has 0 radical (unpaired) electrons. The van der Waals surface area contributed by atoms with Gasteiger partial charge in [0.15, 0.2) is 5.78 Å². The molecule has 1 saturated heterocycles. The number of alkyl halides is 3. The first-order valence-corrected chi connectivity index (χ1v) is 10.6. The van der Waals surface area contributed by atoms with Crippen molar-refractivity contribution in [2.45, 2.75) is 19.0 Å². The summed E-state index contributed by atoms with van der Waals surface area (Å²) < 4.78 is 40.9. The molecule has 8 nitrogen and oxygen atoms in total. The zero-order valence-electron chi connectivity index (χ0n) is 18.0. The van der Waals surface area contributed by atoms with E-state index in [0.717, 1.165) is 12.1 Å². The summed E-state index contributed by atoms with van der Waals surface area (Å²) in [5.41, 5.74) is -0.126. The molecule has 34 heavy (non-hydrogen) atoms. The average molecular weight is 473 g/mol. The molecular weight excluding hydrogens is 451 g/mol. The van der Waals surface area contributed by atoms with E-state index in [1.54, 1.807) is 12.1 Å². The number of hydrogen-bond donors (Lipinski definition) is 2. The zero-order valence-corrected chi connectivity index (χ0v) is 18.0. The maximum atomic E-state index is 13.2. The van der Waals surface area contributed by atoms with Gasteiger partial charge in [0.2, 0.25) is 5.91 Å². The van der Waals surface area contributed by atoms with Crippen LogP contribution in [0.4, 0.5) is 18.9 Å². The molecule has 1 amide bonds. The van der Waals surface area contributed by atoms with E-state index >= 15 is 0 Å². The van der Waals surface area contributed by atoms with Crippen LogP contribution in [-0.4, -0.2) is 56.1 Å². The lowest BCUT2D eigenvalue weighted by Gasteiger charge is -2.30. The first kappa shape index (κ1) is 23.4. The standard InChI is InChI=1S/C23H22F3N5O3/c24-23(25,26)17-3-6-20(31-14-27-13-28-31)19(11-17)29-21(33)12-30-9-7-16(8-10-30)22(34)15-1-4-18(32)5-2-15/h1-6,11,13-14,16,32H,7-10,12H2,(H,29,33). The molecule has 0 atom stereocenters. The van der Waals surface area contributed by atoms with Crippen LogP contribution >= 0.6 is 0 Å². The van der Waals surface area contributed by atoms with Crippen LogP contribution in [0.3, 0.4) is 0 Å². The number of nitrogens with zero attached hydrogens (tertiary/aromatic N) is 4. The van der Waals surface area contributed by atoms with Gasteiger partial charge in [-0.3, -0.25) is 14.5 Å². The number of ketones is 1. The topological polar surface area (TPSA) is 100 Å². The monoisotopic (exact) mass is 473 g/mol. The number of piperidine rings is 1. The fourth-order valence-electron chi connectivity index (χ4n) is 3.95. The van der Waals surface area contributed by atoms with Gasteiger partial charge >= 0.3 is 6.18 Å². The Balaban J connectivity index is 1.39. The summed E-state index contributed by atoms with van der Waals surface area (Å²) in [5, 5.41) is 15.9. The summed E-state index contributed by atoms with van der Waals surface area (Å²) in [7, 11) is 0. The van der Waals surface area contributed by atoms with Crippen LogP contribution in [0.2, 0.25) is 0 Å². The van der Waals surface area contributed by atoms with Gasteiger partial charge in [0, 0.05) is 11.5 Å². The lowest BCUT2D eigenvalue weighted by Crippen LogP contribution is -2.40. The van der Waals surface area contributed by atoms with Gasteiger partial charge < -0.3 is 10.4 Å². The summed E-state index contributed by atoms with van der Waals surface area (Å²) in [6.45, 7) is 0.980. The average Bonchev–Trinajstić information content (AvgIpc) is 3.34. The Morgan fingerprint density at radius 2 is 1.79 bits per heavy atom. The number of likely N-dealkylation sites (tertiary alicyclic amines) is 1. The van der Waals surface area contributed by atoms with Crippen molar-refractivity contribution in [1.82, 2.24) is 19.7 Å². The molecule has 1 aliphatic rings.